The van der Waals surface area contributed by atoms with Crippen LogP contribution in [0.25, 0.3) is 0 Å². The Morgan fingerprint density at radius 2 is 1.50 bits per heavy atom. The number of likely N-dealkylation sites (tertiary alicyclic amines) is 1. The number of piperidine rings is 1. The quantitative estimate of drug-likeness (QED) is 0.662. The fourth-order valence-electron chi connectivity index (χ4n) is 2.92. The normalized spacial score (nSPS) is 32.8. The lowest BCUT2D eigenvalue weighted by Crippen LogP contribution is -2.45. The average molecular weight is 225 g/mol. The largest absolute Gasteiger partial charge is 0.306 e. The van der Waals surface area contributed by atoms with Crippen LogP contribution in [-0.2, 0) is 0 Å². The zero-order chi connectivity index (χ0) is 11.5. The Morgan fingerprint density at radius 1 is 0.812 bits per heavy atom. The van der Waals surface area contributed by atoms with Gasteiger partial charge in [-0.1, -0.05) is 0 Å². The second-order valence-electron chi connectivity index (χ2n) is 5.69. The molecule has 0 saturated carbocycles. The van der Waals surface area contributed by atoms with Gasteiger partial charge in [-0.25, -0.2) is 0 Å². The molecule has 94 valence electrons. The third kappa shape index (κ3) is 2.96. The van der Waals surface area contributed by atoms with E-state index in [2.05, 4.69) is 35.7 Å². The van der Waals surface area contributed by atoms with Crippen LogP contribution in [-0.4, -0.2) is 73.6 Å². The van der Waals surface area contributed by atoms with Crippen LogP contribution >= 0.6 is 0 Å². The van der Waals surface area contributed by atoms with Crippen LogP contribution in [0.15, 0.2) is 0 Å². The van der Waals surface area contributed by atoms with E-state index in [0.717, 1.165) is 12.1 Å². The maximum absolute atomic E-state index is 2.74. The monoisotopic (exact) mass is 225 g/mol. The van der Waals surface area contributed by atoms with Crippen molar-refractivity contribution >= 4 is 0 Å². The highest BCUT2D eigenvalue weighted by molar-refractivity contribution is 4.82. The maximum atomic E-state index is 2.74. The molecule has 3 heteroatoms. The van der Waals surface area contributed by atoms with Gasteiger partial charge in [0.25, 0.3) is 0 Å². The van der Waals surface area contributed by atoms with Crippen LogP contribution < -0.4 is 0 Å². The van der Waals surface area contributed by atoms with Crippen LogP contribution in [0.3, 0.4) is 0 Å². The number of likely N-dealkylation sites (N-methyl/N-ethyl adjacent to an activating group) is 1. The van der Waals surface area contributed by atoms with E-state index in [4.69, 9.17) is 0 Å². The molecule has 0 spiro atoms. The van der Waals surface area contributed by atoms with Crippen molar-refractivity contribution in [1.82, 2.24) is 14.7 Å². The molecule has 0 aromatic carbocycles. The molecule has 0 radical (unpaired) electrons. The van der Waals surface area contributed by atoms with Crippen molar-refractivity contribution in [3.63, 3.8) is 0 Å². The van der Waals surface area contributed by atoms with Crippen molar-refractivity contribution in [2.75, 3.05) is 46.8 Å². The predicted octanol–water partition coefficient (Wildman–Crippen LogP) is 1.11. The van der Waals surface area contributed by atoms with E-state index in [9.17, 15) is 0 Å². The van der Waals surface area contributed by atoms with E-state index >= 15 is 0 Å². The first-order valence-electron chi connectivity index (χ1n) is 6.79. The summed E-state index contributed by atoms with van der Waals surface area (Å²) in [6.45, 7) is 8.75. The van der Waals surface area contributed by atoms with Crippen molar-refractivity contribution in [3.8, 4) is 0 Å². The van der Waals surface area contributed by atoms with Crippen LogP contribution in [0.1, 0.15) is 26.2 Å². The van der Waals surface area contributed by atoms with Crippen LogP contribution in [0.5, 0.6) is 0 Å². The molecule has 0 amide bonds. The summed E-state index contributed by atoms with van der Waals surface area (Å²) in [5, 5.41) is 0. The highest BCUT2D eigenvalue weighted by Gasteiger charge is 2.26. The third-order valence-electron chi connectivity index (χ3n) is 4.53. The molecular formula is C13H27N3. The number of rotatable bonds is 1. The molecule has 2 heterocycles. The molecule has 3 nitrogen and oxygen atoms in total. The van der Waals surface area contributed by atoms with E-state index in [0.29, 0.717) is 0 Å². The lowest BCUT2D eigenvalue weighted by Gasteiger charge is -2.36. The van der Waals surface area contributed by atoms with Gasteiger partial charge in [0, 0.05) is 25.2 Å². The molecule has 0 aromatic rings. The molecule has 2 fully saturated rings. The molecule has 0 aliphatic carbocycles. The lowest BCUT2D eigenvalue weighted by atomic mass is 10.0. The van der Waals surface area contributed by atoms with Crippen molar-refractivity contribution in [1.29, 1.82) is 0 Å². The molecule has 2 aliphatic heterocycles. The fourth-order valence-corrected chi connectivity index (χ4v) is 2.92. The van der Waals surface area contributed by atoms with Gasteiger partial charge in [-0.15, -0.1) is 0 Å². The first-order valence-corrected chi connectivity index (χ1v) is 6.79. The van der Waals surface area contributed by atoms with E-state index in [-0.39, 0.29) is 0 Å². The van der Waals surface area contributed by atoms with Gasteiger partial charge in [-0.2, -0.15) is 0 Å². The summed E-state index contributed by atoms with van der Waals surface area (Å²) in [4.78, 5) is 7.71. The van der Waals surface area contributed by atoms with Crippen molar-refractivity contribution in [3.05, 3.63) is 0 Å². The summed E-state index contributed by atoms with van der Waals surface area (Å²) < 4.78 is 0. The topological polar surface area (TPSA) is 9.72 Å². The minimum Gasteiger partial charge on any atom is -0.306 e. The number of hydrogen-bond acceptors (Lipinski definition) is 3. The summed E-state index contributed by atoms with van der Waals surface area (Å²) in [6.07, 6.45) is 4.08. The van der Waals surface area contributed by atoms with Gasteiger partial charge in [0.05, 0.1) is 0 Å². The second kappa shape index (κ2) is 5.48. The molecule has 2 aliphatic rings. The minimum absolute atomic E-state index is 0.760. The number of nitrogens with zero attached hydrogens (tertiary/aromatic N) is 3. The Kier molecular flexibility index (Phi) is 4.22. The Bertz CT molecular complexity index is 199. The van der Waals surface area contributed by atoms with Gasteiger partial charge in [0.2, 0.25) is 0 Å². The van der Waals surface area contributed by atoms with Gasteiger partial charge in [-0.05, 0) is 59.9 Å². The Morgan fingerprint density at radius 3 is 2.19 bits per heavy atom. The fraction of sp³-hybridized carbons (Fsp3) is 1.00. The zero-order valence-corrected chi connectivity index (χ0v) is 11.2. The van der Waals surface area contributed by atoms with E-state index in [1.807, 2.05) is 0 Å². The summed E-state index contributed by atoms with van der Waals surface area (Å²) in [7, 11) is 4.51. The highest BCUT2D eigenvalue weighted by atomic mass is 15.2. The third-order valence-corrected chi connectivity index (χ3v) is 4.53. The molecule has 0 aromatic heterocycles. The number of hydrogen-bond donors (Lipinski definition) is 0. The molecule has 1 unspecified atom stereocenters. The van der Waals surface area contributed by atoms with Crippen LogP contribution in [0, 0.1) is 0 Å². The molecule has 0 bridgehead atoms. The molecule has 2 rings (SSSR count). The van der Waals surface area contributed by atoms with Gasteiger partial charge < -0.3 is 9.80 Å². The lowest BCUT2D eigenvalue weighted by molar-refractivity contribution is 0.124. The average Bonchev–Trinajstić information content (AvgIpc) is 2.44. The second-order valence-corrected chi connectivity index (χ2v) is 5.69. The Balaban J connectivity index is 1.85. The smallest absolute Gasteiger partial charge is 0.0120 e. The van der Waals surface area contributed by atoms with E-state index in [1.54, 1.807) is 0 Å². The minimum atomic E-state index is 0.760. The van der Waals surface area contributed by atoms with Crippen LogP contribution in [0.4, 0.5) is 0 Å². The summed E-state index contributed by atoms with van der Waals surface area (Å²) in [5.41, 5.74) is 0. The highest BCUT2D eigenvalue weighted by Crippen LogP contribution is 2.18. The van der Waals surface area contributed by atoms with Gasteiger partial charge in [0.1, 0.15) is 0 Å². The summed E-state index contributed by atoms with van der Waals surface area (Å²) in [5.74, 6) is 0. The van der Waals surface area contributed by atoms with Crippen molar-refractivity contribution in [2.24, 2.45) is 0 Å². The Labute approximate surface area is 100 Å². The van der Waals surface area contributed by atoms with Gasteiger partial charge >= 0.3 is 0 Å². The van der Waals surface area contributed by atoms with Gasteiger partial charge in [0.15, 0.2) is 0 Å². The molecule has 1 atom stereocenters. The van der Waals surface area contributed by atoms with E-state index in [1.165, 1.54) is 52.0 Å². The zero-order valence-electron chi connectivity index (χ0n) is 11.2. The first kappa shape index (κ1) is 12.3. The Hall–Kier alpha value is -0.120. The van der Waals surface area contributed by atoms with Crippen molar-refractivity contribution in [2.45, 2.75) is 38.3 Å². The molecular weight excluding hydrogens is 198 g/mol. The molecule has 0 N–H and O–H groups in total. The standard InChI is InChI=1S/C13H27N3/c1-12-4-9-16(11-10-15(12)3)13-5-7-14(2)8-6-13/h12-13H,4-11H2,1-3H3. The van der Waals surface area contributed by atoms with Crippen molar-refractivity contribution < 1.29 is 0 Å². The molecule has 16 heavy (non-hydrogen) atoms. The summed E-state index contributed by atoms with van der Waals surface area (Å²) in [6, 6.07) is 1.62. The summed E-state index contributed by atoms with van der Waals surface area (Å²) >= 11 is 0. The first-order chi connectivity index (χ1) is 7.66. The van der Waals surface area contributed by atoms with Crippen LogP contribution in [0.2, 0.25) is 0 Å². The van der Waals surface area contributed by atoms with Gasteiger partial charge in [-0.3, -0.25) is 4.90 Å². The van der Waals surface area contributed by atoms with E-state index < -0.39 is 0 Å². The SMILES string of the molecule is CC1CCN(C2CCN(C)CC2)CCN1C. The predicted molar refractivity (Wildman–Crippen MR) is 68.8 cm³/mol. The maximum Gasteiger partial charge on any atom is 0.0120 e. The molecule has 2 saturated heterocycles.